The minimum absolute atomic E-state index is 0.0461. The van der Waals surface area contributed by atoms with Crippen LogP contribution < -0.4 is 5.56 Å². The number of benzene rings is 3. The van der Waals surface area contributed by atoms with Crippen molar-refractivity contribution in [1.82, 2.24) is 9.55 Å². The average Bonchev–Trinajstić information content (AvgIpc) is 2.70. The van der Waals surface area contributed by atoms with E-state index < -0.39 is 0 Å². The molecule has 3 nitrogen and oxygen atoms in total. The maximum Gasteiger partial charge on any atom is 0.261 e. The van der Waals surface area contributed by atoms with Gasteiger partial charge in [0.15, 0.2) is 0 Å². The Morgan fingerprint density at radius 2 is 1.67 bits per heavy atom. The molecule has 0 amide bonds. The minimum atomic E-state index is -0.0461. The van der Waals surface area contributed by atoms with Gasteiger partial charge in [-0.05, 0) is 41.5 Å². The van der Waals surface area contributed by atoms with Gasteiger partial charge in [0.05, 0.1) is 17.4 Å². The summed E-state index contributed by atoms with van der Waals surface area (Å²) in [7, 11) is 0. The van der Waals surface area contributed by atoms with Crippen molar-refractivity contribution in [3.8, 4) is 0 Å². The molecule has 1 aromatic heterocycles. The summed E-state index contributed by atoms with van der Waals surface area (Å²) in [5.41, 5.74) is 2.65. The van der Waals surface area contributed by atoms with Crippen molar-refractivity contribution in [2.45, 2.75) is 6.54 Å². The van der Waals surface area contributed by atoms with Gasteiger partial charge in [-0.2, -0.15) is 0 Å². The van der Waals surface area contributed by atoms with E-state index in [1.54, 1.807) is 4.57 Å². The first-order chi connectivity index (χ1) is 13.2. The summed E-state index contributed by atoms with van der Waals surface area (Å²) in [5, 5.41) is 1.29. The molecule has 1 heterocycles. The molecule has 0 N–H and O–H groups in total. The van der Waals surface area contributed by atoms with Crippen LogP contribution in [-0.2, 0) is 6.54 Å². The van der Waals surface area contributed by atoms with Gasteiger partial charge in [-0.1, -0.05) is 72.3 Å². The molecule has 3 aromatic carbocycles. The zero-order chi connectivity index (χ0) is 18.6. The van der Waals surface area contributed by atoms with Crippen LogP contribution in [0.1, 0.15) is 17.0 Å². The van der Waals surface area contributed by atoms with Gasteiger partial charge in [0, 0.05) is 5.02 Å². The fourth-order valence-electron chi connectivity index (χ4n) is 3.01. The first kappa shape index (κ1) is 17.3. The van der Waals surface area contributed by atoms with Crippen LogP contribution in [0.5, 0.6) is 0 Å². The number of para-hydroxylation sites is 1. The van der Waals surface area contributed by atoms with Gasteiger partial charge in [0.25, 0.3) is 5.56 Å². The molecule has 0 saturated carbocycles. The maximum absolute atomic E-state index is 13.1. The Balaban J connectivity index is 1.84. The van der Waals surface area contributed by atoms with Gasteiger partial charge in [-0.3, -0.25) is 9.36 Å². The smallest absolute Gasteiger partial charge is 0.261 e. The molecular formula is C23H17ClN2O. The number of aromatic nitrogens is 2. The molecule has 0 fully saturated rings. The lowest BCUT2D eigenvalue weighted by Gasteiger charge is -2.11. The third-order valence-corrected chi connectivity index (χ3v) is 4.58. The second kappa shape index (κ2) is 7.60. The number of hydrogen-bond acceptors (Lipinski definition) is 2. The van der Waals surface area contributed by atoms with Crippen LogP contribution in [0.15, 0.2) is 83.7 Å². The number of rotatable bonds is 4. The second-order valence-corrected chi connectivity index (χ2v) is 6.69. The van der Waals surface area contributed by atoms with E-state index in [9.17, 15) is 4.79 Å². The zero-order valence-corrected chi connectivity index (χ0v) is 15.3. The molecule has 4 heteroatoms. The topological polar surface area (TPSA) is 34.9 Å². The first-order valence-electron chi connectivity index (χ1n) is 8.68. The largest absolute Gasteiger partial charge is 0.288 e. The third kappa shape index (κ3) is 3.83. The lowest BCUT2D eigenvalue weighted by atomic mass is 10.2. The van der Waals surface area contributed by atoms with E-state index in [0.29, 0.717) is 28.3 Å². The van der Waals surface area contributed by atoms with Crippen molar-refractivity contribution in [2.24, 2.45) is 0 Å². The van der Waals surface area contributed by atoms with Crippen molar-refractivity contribution in [2.75, 3.05) is 0 Å². The molecule has 132 valence electrons. The van der Waals surface area contributed by atoms with Gasteiger partial charge >= 0.3 is 0 Å². The van der Waals surface area contributed by atoms with Crippen LogP contribution >= 0.6 is 11.6 Å². The summed E-state index contributed by atoms with van der Waals surface area (Å²) in [6.45, 7) is 0.465. The lowest BCUT2D eigenvalue weighted by Crippen LogP contribution is -2.24. The van der Waals surface area contributed by atoms with Crippen LogP contribution in [0.25, 0.3) is 23.1 Å². The van der Waals surface area contributed by atoms with Crippen molar-refractivity contribution >= 4 is 34.7 Å². The molecule has 4 rings (SSSR count). The molecule has 0 bridgehead atoms. The van der Waals surface area contributed by atoms with E-state index in [2.05, 4.69) is 0 Å². The van der Waals surface area contributed by atoms with Crippen LogP contribution in [-0.4, -0.2) is 9.55 Å². The van der Waals surface area contributed by atoms with Crippen molar-refractivity contribution < 1.29 is 0 Å². The minimum Gasteiger partial charge on any atom is -0.288 e. The summed E-state index contributed by atoms with van der Waals surface area (Å²) in [4.78, 5) is 17.8. The number of halogens is 1. The highest BCUT2D eigenvalue weighted by Gasteiger charge is 2.09. The molecule has 4 aromatic rings. The SMILES string of the molecule is O=c1c2ccccc2nc(/C=C/c2cccc(Cl)c2)n1Cc1ccccc1. The molecule has 0 unspecified atom stereocenters. The Labute approximate surface area is 162 Å². The van der Waals surface area contributed by atoms with Crippen LogP contribution in [0.4, 0.5) is 0 Å². The molecule has 0 spiro atoms. The van der Waals surface area contributed by atoms with E-state index in [1.807, 2.05) is 91.0 Å². The summed E-state index contributed by atoms with van der Waals surface area (Å²) < 4.78 is 1.71. The number of nitrogens with zero attached hydrogens (tertiary/aromatic N) is 2. The Bertz CT molecular complexity index is 1180. The van der Waals surface area contributed by atoms with E-state index >= 15 is 0 Å². The van der Waals surface area contributed by atoms with E-state index in [0.717, 1.165) is 11.1 Å². The van der Waals surface area contributed by atoms with E-state index in [-0.39, 0.29) is 5.56 Å². The van der Waals surface area contributed by atoms with Crippen molar-refractivity contribution in [1.29, 1.82) is 0 Å². The molecule has 0 atom stereocenters. The highest BCUT2D eigenvalue weighted by Crippen LogP contribution is 2.15. The standard InChI is InChI=1S/C23H17ClN2O/c24-19-10-6-9-17(15-19)13-14-22-25-21-12-5-4-11-20(21)23(27)26(22)16-18-7-2-1-3-8-18/h1-15H,16H2/b14-13+. The molecule has 0 aliphatic carbocycles. The molecule has 0 aliphatic rings. The predicted molar refractivity (Wildman–Crippen MR) is 112 cm³/mol. The third-order valence-electron chi connectivity index (χ3n) is 4.35. The fraction of sp³-hybridized carbons (Fsp3) is 0.0435. The second-order valence-electron chi connectivity index (χ2n) is 6.25. The average molecular weight is 373 g/mol. The summed E-state index contributed by atoms with van der Waals surface area (Å²) >= 11 is 6.06. The molecule has 0 radical (unpaired) electrons. The lowest BCUT2D eigenvalue weighted by molar-refractivity contribution is 0.738. The van der Waals surface area contributed by atoms with Crippen molar-refractivity contribution in [3.05, 3.63) is 111 Å². The van der Waals surface area contributed by atoms with Crippen LogP contribution in [0, 0.1) is 0 Å². The van der Waals surface area contributed by atoms with Gasteiger partial charge in [0.2, 0.25) is 0 Å². The summed E-state index contributed by atoms with van der Waals surface area (Å²) in [6.07, 6.45) is 3.78. The quantitative estimate of drug-likeness (QED) is 0.489. The number of fused-ring (bicyclic) bond motifs is 1. The Morgan fingerprint density at radius 3 is 2.48 bits per heavy atom. The van der Waals surface area contributed by atoms with E-state index in [1.165, 1.54) is 0 Å². The molecule has 0 aliphatic heterocycles. The maximum atomic E-state index is 13.1. The number of hydrogen-bond donors (Lipinski definition) is 0. The van der Waals surface area contributed by atoms with Crippen LogP contribution in [0.3, 0.4) is 0 Å². The Kier molecular flexibility index (Phi) is 4.86. The first-order valence-corrected chi connectivity index (χ1v) is 9.06. The monoisotopic (exact) mass is 372 g/mol. The summed E-state index contributed by atoms with van der Waals surface area (Å²) in [5.74, 6) is 0.613. The van der Waals surface area contributed by atoms with Gasteiger partial charge in [-0.15, -0.1) is 0 Å². The normalized spacial score (nSPS) is 11.3. The van der Waals surface area contributed by atoms with Gasteiger partial charge < -0.3 is 0 Å². The predicted octanol–water partition coefficient (Wildman–Crippen LogP) is 5.27. The van der Waals surface area contributed by atoms with Crippen LogP contribution in [0.2, 0.25) is 5.02 Å². The molecule has 0 saturated heterocycles. The van der Waals surface area contributed by atoms with Crippen molar-refractivity contribution in [3.63, 3.8) is 0 Å². The fourth-order valence-corrected chi connectivity index (χ4v) is 3.21. The Morgan fingerprint density at radius 1 is 0.889 bits per heavy atom. The molecular weight excluding hydrogens is 356 g/mol. The Hall–Kier alpha value is -3.17. The van der Waals surface area contributed by atoms with Gasteiger partial charge in [-0.25, -0.2) is 4.98 Å². The molecule has 27 heavy (non-hydrogen) atoms. The highest BCUT2D eigenvalue weighted by atomic mass is 35.5. The van der Waals surface area contributed by atoms with E-state index in [4.69, 9.17) is 16.6 Å². The summed E-state index contributed by atoms with van der Waals surface area (Å²) in [6, 6.07) is 24.9. The van der Waals surface area contributed by atoms with Gasteiger partial charge in [0.1, 0.15) is 5.82 Å². The zero-order valence-electron chi connectivity index (χ0n) is 14.5. The highest BCUT2D eigenvalue weighted by molar-refractivity contribution is 6.30.